The number of carbonyl (C=O) groups is 2. The Balaban J connectivity index is 1.57. The second-order valence-electron chi connectivity index (χ2n) is 10.6. The molecule has 14 heteroatoms. The van der Waals surface area contributed by atoms with Crippen molar-refractivity contribution < 1.29 is 31.5 Å². The summed E-state index contributed by atoms with van der Waals surface area (Å²) in [6.07, 6.45) is -6.51. The number of imidazole rings is 1. The van der Waals surface area contributed by atoms with Gasteiger partial charge >= 0.3 is 6.18 Å². The Morgan fingerprint density at radius 2 is 1.85 bits per heavy atom. The molecule has 1 aliphatic carbocycles. The van der Waals surface area contributed by atoms with Crippen LogP contribution in [0.1, 0.15) is 104 Å². The summed E-state index contributed by atoms with van der Waals surface area (Å²) in [5.74, 6) is -3.82. The first-order chi connectivity index (χ1) is 18.7. The molecule has 1 aliphatic rings. The van der Waals surface area contributed by atoms with Crippen molar-refractivity contribution in [2.24, 2.45) is 5.92 Å². The van der Waals surface area contributed by atoms with Gasteiger partial charge in [0.15, 0.2) is 5.69 Å². The van der Waals surface area contributed by atoms with E-state index in [-0.39, 0.29) is 43.2 Å². The molecule has 218 valence electrons. The molecule has 1 fully saturated rings. The highest BCUT2D eigenvalue weighted by atomic mass is 32.1. The van der Waals surface area contributed by atoms with Crippen molar-refractivity contribution in [3.63, 3.8) is 0 Å². The van der Waals surface area contributed by atoms with Crippen LogP contribution >= 0.6 is 11.5 Å². The van der Waals surface area contributed by atoms with Crippen molar-refractivity contribution in [3.8, 4) is 0 Å². The molecular weight excluding hydrogens is 555 g/mol. The van der Waals surface area contributed by atoms with Gasteiger partial charge in [-0.15, -0.1) is 5.10 Å². The molecule has 4 rings (SSSR count). The maximum absolute atomic E-state index is 13.9. The minimum Gasteiger partial charge on any atom is -0.350 e. The third-order valence-corrected chi connectivity index (χ3v) is 8.13. The molecule has 0 saturated heterocycles. The summed E-state index contributed by atoms with van der Waals surface area (Å²) in [6, 6.07) is 3.85. The van der Waals surface area contributed by atoms with Gasteiger partial charge in [-0.25, -0.2) is 13.8 Å². The molecule has 40 heavy (non-hydrogen) atoms. The third kappa shape index (κ3) is 7.32. The molecule has 3 N–H and O–H groups in total. The lowest BCUT2D eigenvalue weighted by Crippen LogP contribution is -2.38. The number of H-pyrrole nitrogens is 1. The van der Waals surface area contributed by atoms with Crippen molar-refractivity contribution in [2.45, 2.75) is 89.4 Å². The first-order valence-corrected chi connectivity index (χ1v) is 13.9. The summed E-state index contributed by atoms with van der Waals surface area (Å²) in [4.78, 5) is 33.8. The van der Waals surface area contributed by atoms with Gasteiger partial charge in [0.1, 0.15) is 5.82 Å². The summed E-state index contributed by atoms with van der Waals surface area (Å²) in [7, 11) is 0. The van der Waals surface area contributed by atoms with Gasteiger partial charge in [0, 0.05) is 19.3 Å². The molecule has 0 spiro atoms. The Kier molecular flexibility index (Phi) is 8.76. The van der Waals surface area contributed by atoms with E-state index >= 15 is 0 Å². The minimum atomic E-state index is -4.42. The zero-order chi connectivity index (χ0) is 29.2. The molecule has 0 unspecified atom stereocenters. The monoisotopic (exact) mass is 586 g/mol. The van der Waals surface area contributed by atoms with Crippen LogP contribution in [0, 0.1) is 5.92 Å². The number of aromatic amines is 1. The highest BCUT2D eigenvalue weighted by molar-refractivity contribution is 7.05. The predicted molar refractivity (Wildman–Crippen MR) is 139 cm³/mol. The van der Waals surface area contributed by atoms with Crippen LogP contribution in [-0.4, -0.2) is 43.5 Å². The van der Waals surface area contributed by atoms with Crippen LogP contribution in [0.25, 0.3) is 11.0 Å². The molecule has 2 atom stereocenters. The molecule has 1 saturated carbocycles. The number of benzene rings is 1. The molecule has 2 amide bonds. The number of carbonyl (C=O) groups excluding carboxylic acids is 2. The normalized spacial score (nSPS) is 17.6. The van der Waals surface area contributed by atoms with Crippen LogP contribution in [0.5, 0.6) is 0 Å². The number of alkyl halides is 5. The van der Waals surface area contributed by atoms with E-state index in [2.05, 4.69) is 30.2 Å². The molecule has 2 aromatic heterocycles. The van der Waals surface area contributed by atoms with Gasteiger partial charge in [-0.05, 0) is 60.8 Å². The average molecular weight is 587 g/mol. The fourth-order valence-electron chi connectivity index (χ4n) is 4.86. The topological polar surface area (TPSA) is 113 Å². The van der Waals surface area contributed by atoms with E-state index in [1.807, 2.05) is 13.8 Å². The number of amides is 2. The van der Waals surface area contributed by atoms with E-state index in [9.17, 15) is 31.5 Å². The number of hydrogen-bond donors (Lipinski definition) is 3. The maximum Gasteiger partial charge on any atom is 0.389 e. The van der Waals surface area contributed by atoms with Crippen LogP contribution in [0.2, 0.25) is 0 Å². The molecule has 1 aromatic carbocycles. The Hall–Kier alpha value is -3.16. The molecule has 2 heterocycles. The van der Waals surface area contributed by atoms with Gasteiger partial charge < -0.3 is 15.6 Å². The number of rotatable bonds is 9. The molecular formula is C26H31F5N6O2S. The van der Waals surface area contributed by atoms with Crippen molar-refractivity contribution in [1.29, 1.82) is 0 Å². The van der Waals surface area contributed by atoms with Gasteiger partial charge in [-0.3, -0.25) is 9.59 Å². The second kappa shape index (κ2) is 11.8. The number of halogens is 5. The Morgan fingerprint density at radius 1 is 1.15 bits per heavy atom. The smallest absolute Gasteiger partial charge is 0.350 e. The van der Waals surface area contributed by atoms with E-state index < -0.39 is 48.8 Å². The van der Waals surface area contributed by atoms with Crippen molar-refractivity contribution in [1.82, 2.24) is 30.2 Å². The lowest BCUT2D eigenvalue weighted by Gasteiger charge is -2.33. The van der Waals surface area contributed by atoms with Crippen molar-refractivity contribution in [2.75, 3.05) is 0 Å². The zero-order valence-electron chi connectivity index (χ0n) is 22.2. The van der Waals surface area contributed by atoms with E-state index in [1.165, 1.54) is 0 Å². The van der Waals surface area contributed by atoms with E-state index in [1.54, 1.807) is 25.1 Å². The second-order valence-corrected chi connectivity index (χ2v) is 11.4. The van der Waals surface area contributed by atoms with Crippen molar-refractivity contribution >= 4 is 34.4 Å². The lowest BCUT2D eigenvalue weighted by atomic mass is 9.81. The standard InChI is InChI=1S/C26H31F5N6O2S/c1-13(2)22-21(36-37-40-22)24(39)35-20(15-6-9-25(27,28)10-7-15)23-33-17-5-4-16(12-18(17)34-23)14(3)32-19(38)8-11-26(29,30)31/h4-5,12-15,20H,6-11H2,1-3H3,(H,32,38)(H,33,34)(H,35,39)/t14-,20+/m1/s1. The quantitative estimate of drug-likeness (QED) is 0.253. The molecule has 3 aromatic rings. The summed E-state index contributed by atoms with van der Waals surface area (Å²) < 4.78 is 69.1. The highest BCUT2D eigenvalue weighted by Crippen LogP contribution is 2.41. The highest BCUT2D eigenvalue weighted by Gasteiger charge is 2.40. The average Bonchev–Trinajstić information content (AvgIpc) is 3.53. The van der Waals surface area contributed by atoms with Crippen LogP contribution in [-0.2, 0) is 4.79 Å². The number of hydrogen-bond acceptors (Lipinski definition) is 6. The van der Waals surface area contributed by atoms with Gasteiger partial charge in [0.25, 0.3) is 5.91 Å². The summed E-state index contributed by atoms with van der Waals surface area (Å²) in [5.41, 5.74) is 1.94. The Morgan fingerprint density at radius 3 is 2.50 bits per heavy atom. The van der Waals surface area contributed by atoms with Crippen LogP contribution in [0.15, 0.2) is 18.2 Å². The maximum atomic E-state index is 13.9. The molecule has 0 radical (unpaired) electrons. The van der Waals surface area contributed by atoms with Crippen LogP contribution < -0.4 is 10.6 Å². The molecule has 0 bridgehead atoms. The largest absolute Gasteiger partial charge is 0.389 e. The summed E-state index contributed by atoms with van der Waals surface area (Å²) >= 11 is 1.13. The lowest BCUT2D eigenvalue weighted by molar-refractivity contribution is -0.144. The van der Waals surface area contributed by atoms with Crippen molar-refractivity contribution in [3.05, 3.63) is 40.2 Å². The summed E-state index contributed by atoms with van der Waals surface area (Å²) in [5, 5.41) is 9.50. The van der Waals surface area contributed by atoms with Gasteiger partial charge in [-0.1, -0.05) is 24.4 Å². The Labute approximate surface area is 231 Å². The first-order valence-electron chi connectivity index (χ1n) is 13.1. The third-order valence-electron chi connectivity index (χ3n) is 7.11. The fourth-order valence-corrected chi connectivity index (χ4v) is 5.50. The summed E-state index contributed by atoms with van der Waals surface area (Å²) in [6.45, 7) is 5.49. The number of fused-ring (bicyclic) bond motifs is 1. The Bertz CT molecular complexity index is 1340. The minimum absolute atomic E-state index is 0.0214. The number of nitrogens with zero attached hydrogens (tertiary/aromatic N) is 3. The predicted octanol–water partition coefficient (Wildman–Crippen LogP) is 6.35. The number of nitrogens with one attached hydrogen (secondary N) is 3. The fraction of sp³-hybridized carbons (Fsp3) is 0.577. The van der Waals surface area contributed by atoms with E-state index in [4.69, 9.17) is 0 Å². The first kappa shape index (κ1) is 29.8. The molecule has 8 nitrogen and oxygen atoms in total. The van der Waals surface area contributed by atoms with Gasteiger partial charge in [-0.2, -0.15) is 13.2 Å². The van der Waals surface area contributed by atoms with Gasteiger partial charge in [0.05, 0.1) is 34.4 Å². The zero-order valence-corrected chi connectivity index (χ0v) is 23.1. The van der Waals surface area contributed by atoms with E-state index in [0.717, 1.165) is 11.5 Å². The SMILES string of the molecule is CC(C)c1snnc1C(=O)N[C@H](c1nc2cc([C@@H](C)NC(=O)CCC(F)(F)F)ccc2[nH]1)C1CCC(F)(F)CC1. The van der Waals surface area contributed by atoms with Crippen LogP contribution in [0.3, 0.4) is 0 Å². The number of aromatic nitrogens is 4. The van der Waals surface area contributed by atoms with Gasteiger partial charge in [0.2, 0.25) is 11.8 Å². The molecule has 0 aliphatic heterocycles. The van der Waals surface area contributed by atoms with Crippen LogP contribution in [0.4, 0.5) is 22.0 Å². The van der Waals surface area contributed by atoms with E-state index in [0.29, 0.717) is 27.3 Å².